The molecule has 6 nitrogen and oxygen atoms in total. The van der Waals surface area contributed by atoms with Crippen molar-refractivity contribution in [3.05, 3.63) is 35.4 Å². The predicted octanol–water partition coefficient (Wildman–Crippen LogP) is -0.299. The third kappa shape index (κ3) is 6.32. The molecule has 0 spiro atoms. The molecule has 1 amide bonds. The molecule has 19 heavy (non-hydrogen) atoms. The second-order valence-electron chi connectivity index (χ2n) is 4.16. The van der Waals surface area contributed by atoms with Gasteiger partial charge >= 0.3 is 0 Å². The highest BCUT2D eigenvalue weighted by molar-refractivity contribution is 7.88. The second kappa shape index (κ2) is 7.22. The number of hydrogen-bond donors (Lipinski definition) is 3. The molecule has 0 radical (unpaired) electrons. The molecule has 0 unspecified atom stereocenters. The Morgan fingerprint density at radius 1 is 1.26 bits per heavy atom. The number of nitrogens with two attached hydrogens (primary N) is 1. The van der Waals surface area contributed by atoms with E-state index < -0.39 is 10.0 Å². The van der Waals surface area contributed by atoms with E-state index in [4.69, 9.17) is 5.73 Å². The van der Waals surface area contributed by atoms with E-state index in [2.05, 4.69) is 10.0 Å². The van der Waals surface area contributed by atoms with Crippen molar-refractivity contribution in [2.75, 3.05) is 13.1 Å². The maximum absolute atomic E-state index is 11.8. The molecule has 0 aliphatic rings. The molecule has 7 heteroatoms. The number of rotatable bonds is 7. The van der Waals surface area contributed by atoms with E-state index in [1.165, 1.54) is 6.92 Å². The molecule has 4 N–H and O–H groups in total. The van der Waals surface area contributed by atoms with Gasteiger partial charge in [0.2, 0.25) is 15.9 Å². The third-order valence-electron chi connectivity index (χ3n) is 2.40. The number of benzene rings is 1. The van der Waals surface area contributed by atoms with Crippen molar-refractivity contribution < 1.29 is 13.2 Å². The normalized spacial score (nSPS) is 11.3. The molecule has 1 aromatic carbocycles. The van der Waals surface area contributed by atoms with Crippen LogP contribution < -0.4 is 15.8 Å². The SMILES string of the molecule is CC(=O)NCCNS(=O)(=O)Cc1cccc(CN)c1. The van der Waals surface area contributed by atoms with Crippen molar-refractivity contribution in [2.24, 2.45) is 5.73 Å². The molecular weight excluding hydrogens is 266 g/mol. The van der Waals surface area contributed by atoms with Crippen molar-refractivity contribution >= 4 is 15.9 Å². The van der Waals surface area contributed by atoms with E-state index in [1.807, 2.05) is 6.07 Å². The van der Waals surface area contributed by atoms with Gasteiger partial charge in [0, 0.05) is 26.6 Å². The lowest BCUT2D eigenvalue weighted by atomic mass is 10.1. The van der Waals surface area contributed by atoms with Crippen LogP contribution in [0.1, 0.15) is 18.1 Å². The molecular formula is C12H19N3O3S. The quantitative estimate of drug-likeness (QED) is 0.599. The van der Waals surface area contributed by atoms with Crippen LogP contribution in [0.15, 0.2) is 24.3 Å². The summed E-state index contributed by atoms with van der Waals surface area (Å²) < 4.78 is 26.0. The van der Waals surface area contributed by atoms with Gasteiger partial charge in [-0.25, -0.2) is 13.1 Å². The minimum absolute atomic E-state index is 0.0963. The molecule has 1 rings (SSSR count). The second-order valence-corrected chi connectivity index (χ2v) is 5.97. The van der Waals surface area contributed by atoms with Crippen LogP contribution in [0.4, 0.5) is 0 Å². The average Bonchev–Trinajstić information content (AvgIpc) is 2.34. The molecule has 1 aromatic rings. The lowest BCUT2D eigenvalue weighted by Gasteiger charge is -2.08. The minimum atomic E-state index is -3.40. The fourth-order valence-corrected chi connectivity index (χ4v) is 2.70. The van der Waals surface area contributed by atoms with E-state index >= 15 is 0 Å². The van der Waals surface area contributed by atoms with Crippen LogP contribution in [-0.2, 0) is 27.1 Å². The van der Waals surface area contributed by atoms with Gasteiger partial charge < -0.3 is 11.1 Å². The highest BCUT2D eigenvalue weighted by Gasteiger charge is 2.11. The van der Waals surface area contributed by atoms with Crippen molar-refractivity contribution in [3.63, 3.8) is 0 Å². The summed E-state index contributed by atoms with van der Waals surface area (Å²) in [4.78, 5) is 10.6. The van der Waals surface area contributed by atoms with Gasteiger partial charge in [-0.2, -0.15) is 0 Å². The fraction of sp³-hybridized carbons (Fsp3) is 0.417. The average molecular weight is 285 g/mol. The molecule has 0 atom stereocenters. The molecule has 0 aliphatic carbocycles. The number of carbonyl (C=O) groups is 1. The monoisotopic (exact) mass is 285 g/mol. The third-order valence-corrected chi connectivity index (χ3v) is 3.76. The Kier molecular flexibility index (Phi) is 5.94. The maximum Gasteiger partial charge on any atom is 0.216 e. The Morgan fingerprint density at radius 2 is 1.95 bits per heavy atom. The zero-order chi connectivity index (χ0) is 14.3. The fourth-order valence-electron chi connectivity index (χ4n) is 1.56. The number of nitrogens with one attached hydrogen (secondary N) is 2. The summed E-state index contributed by atoms with van der Waals surface area (Å²) in [5.41, 5.74) is 7.09. The van der Waals surface area contributed by atoms with Gasteiger partial charge in [-0.3, -0.25) is 4.79 Å². The molecule has 0 bridgehead atoms. The summed E-state index contributed by atoms with van der Waals surface area (Å²) in [5.74, 6) is -0.282. The van der Waals surface area contributed by atoms with Gasteiger partial charge in [0.15, 0.2) is 0 Å². The smallest absolute Gasteiger partial charge is 0.216 e. The van der Waals surface area contributed by atoms with Crippen molar-refractivity contribution in [1.29, 1.82) is 0 Å². The van der Waals surface area contributed by atoms with Gasteiger partial charge in [-0.05, 0) is 11.1 Å². The van der Waals surface area contributed by atoms with E-state index in [0.29, 0.717) is 12.1 Å². The molecule has 0 fully saturated rings. The molecule has 0 aromatic heterocycles. The molecule has 0 heterocycles. The number of hydrogen-bond acceptors (Lipinski definition) is 4. The van der Waals surface area contributed by atoms with Crippen LogP contribution in [0, 0.1) is 0 Å². The first-order chi connectivity index (χ1) is 8.93. The van der Waals surface area contributed by atoms with Crippen LogP contribution in [0.3, 0.4) is 0 Å². The largest absolute Gasteiger partial charge is 0.355 e. The van der Waals surface area contributed by atoms with Crippen molar-refractivity contribution in [1.82, 2.24) is 10.0 Å². The Hall–Kier alpha value is -1.44. The first-order valence-corrected chi connectivity index (χ1v) is 7.58. The standard InChI is InChI=1S/C12H19N3O3S/c1-10(16)14-5-6-15-19(17,18)9-12-4-2-3-11(7-12)8-13/h2-4,7,15H,5-6,8-9,13H2,1H3,(H,14,16). The summed E-state index contributed by atoms with van der Waals surface area (Å²) in [5, 5.41) is 2.52. The first kappa shape index (κ1) is 15.6. The summed E-state index contributed by atoms with van der Waals surface area (Å²) in [6, 6.07) is 7.14. The Bertz CT molecular complexity index is 529. The summed E-state index contributed by atoms with van der Waals surface area (Å²) in [6.07, 6.45) is 0. The van der Waals surface area contributed by atoms with E-state index in [1.54, 1.807) is 18.2 Å². The van der Waals surface area contributed by atoms with Crippen LogP contribution in [0.2, 0.25) is 0 Å². The first-order valence-electron chi connectivity index (χ1n) is 5.92. The van der Waals surface area contributed by atoms with Crippen LogP contribution >= 0.6 is 0 Å². The molecule has 0 aliphatic heterocycles. The van der Waals surface area contributed by atoms with Crippen molar-refractivity contribution in [2.45, 2.75) is 19.2 Å². The van der Waals surface area contributed by atoms with Crippen molar-refractivity contribution in [3.8, 4) is 0 Å². The number of amides is 1. The number of sulfonamides is 1. The van der Waals surface area contributed by atoms with Gasteiger partial charge in [-0.15, -0.1) is 0 Å². The Morgan fingerprint density at radius 3 is 2.58 bits per heavy atom. The van der Waals surface area contributed by atoms with Gasteiger partial charge in [0.1, 0.15) is 0 Å². The summed E-state index contributed by atoms with van der Waals surface area (Å²) >= 11 is 0. The van der Waals surface area contributed by atoms with Crippen LogP contribution in [-0.4, -0.2) is 27.4 Å². The van der Waals surface area contributed by atoms with Gasteiger partial charge in [0.05, 0.1) is 5.75 Å². The maximum atomic E-state index is 11.8. The highest BCUT2D eigenvalue weighted by Crippen LogP contribution is 2.08. The Labute approximate surface area is 113 Å². The predicted molar refractivity (Wildman–Crippen MR) is 73.6 cm³/mol. The summed E-state index contributed by atoms with van der Waals surface area (Å²) in [6.45, 7) is 2.21. The molecule has 0 saturated carbocycles. The van der Waals surface area contributed by atoms with Crippen LogP contribution in [0.25, 0.3) is 0 Å². The van der Waals surface area contributed by atoms with Crippen LogP contribution in [0.5, 0.6) is 0 Å². The Balaban J connectivity index is 2.51. The molecule has 106 valence electrons. The van der Waals surface area contributed by atoms with E-state index in [0.717, 1.165) is 5.56 Å². The van der Waals surface area contributed by atoms with Gasteiger partial charge in [0.25, 0.3) is 0 Å². The highest BCUT2D eigenvalue weighted by atomic mass is 32.2. The van der Waals surface area contributed by atoms with Gasteiger partial charge in [-0.1, -0.05) is 24.3 Å². The zero-order valence-corrected chi connectivity index (χ0v) is 11.7. The van der Waals surface area contributed by atoms with E-state index in [-0.39, 0.29) is 24.7 Å². The minimum Gasteiger partial charge on any atom is -0.355 e. The molecule has 0 saturated heterocycles. The lowest BCUT2D eigenvalue weighted by Crippen LogP contribution is -2.34. The topological polar surface area (TPSA) is 101 Å². The lowest BCUT2D eigenvalue weighted by molar-refractivity contribution is -0.118. The number of carbonyl (C=O) groups excluding carboxylic acids is 1. The zero-order valence-electron chi connectivity index (χ0n) is 10.8. The summed E-state index contributed by atoms with van der Waals surface area (Å²) in [7, 11) is -3.40. The van der Waals surface area contributed by atoms with E-state index in [9.17, 15) is 13.2 Å².